The van der Waals surface area contributed by atoms with Gasteiger partial charge in [0.2, 0.25) is 0 Å². The summed E-state index contributed by atoms with van der Waals surface area (Å²) in [7, 11) is 1.94. The van der Waals surface area contributed by atoms with Gasteiger partial charge in [0.15, 0.2) is 0 Å². The van der Waals surface area contributed by atoms with Crippen molar-refractivity contribution in [1.82, 2.24) is 9.55 Å². The van der Waals surface area contributed by atoms with Crippen LogP contribution in [0, 0.1) is 0 Å². The fraction of sp³-hybridized carbons (Fsp3) is 0.769. The molecule has 1 rings (SSSR count). The first-order valence-corrected chi connectivity index (χ1v) is 6.37. The third kappa shape index (κ3) is 3.07. The van der Waals surface area contributed by atoms with Crippen LogP contribution in [-0.4, -0.2) is 33.0 Å². The number of rotatable bonds is 7. The lowest BCUT2D eigenvalue weighted by molar-refractivity contribution is -0.125. The van der Waals surface area contributed by atoms with Gasteiger partial charge in [-0.1, -0.05) is 13.8 Å². The lowest BCUT2D eigenvalue weighted by atomic mass is 9.88. The van der Waals surface area contributed by atoms with Crippen LogP contribution in [0.3, 0.4) is 0 Å². The summed E-state index contributed by atoms with van der Waals surface area (Å²) in [5, 5.41) is 10.4. The summed E-state index contributed by atoms with van der Waals surface area (Å²) in [6.45, 7) is 6.70. The van der Waals surface area contributed by atoms with Crippen molar-refractivity contribution >= 4 is 0 Å². The largest absolute Gasteiger partial charge is 0.390 e. The fourth-order valence-electron chi connectivity index (χ4n) is 2.26. The summed E-state index contributed by atoms with van der Waals surface area (Å²) >= 11 is 0. The molecule has 0 spiro atoms. The maximum absolute atomic E-state index is 10.4. The van der Waals surface area contributed by atoms with Gasteiger partial charge >= 0.3 is 0 Å². The van der Waals surface area contributed by atoms with E-state index in [1.165, 1.54) is 0 Å². The van der Waals surface area contributed by atoms with E-state index in [-0.39, 0.29) is 0 Å². The van der Waals surface area contributed by atoms with E-state index in [1.54, 1.807) is 6.20 Å². The minimum absolute atomic E-state index is 0.444. The highest BCUT2D eigenvalue weighted by atomic mass is 16.5. The molecule has 4 heteroatoms. The smallest absolute Gasteiger partial charge is 0.111 e. The van der Waals surface area contributed by atoms with Gasteiger partial charge in [0.05, 0.1) is 11.7 Å². The first kappa shape index (κ1) is 14.2. The van der Waals surface area contributed by atoms with Crippen LogP contribution in [0.4, 0.5) is 0 Å². The quantitative estimate of drug-likeness (QED) is 0.792. The summed E-state index contributed by atoms with van der Waals surface area (Å²) in [5.74, 6) is 0.892. The predicted molar refractivity (Wildman–Crippen MR) is 67.9 cm³/mol. The van der Waals surface area contributed by atoms with Crippen LogP contribution in [0.5, 0.6) is 0 Å². The Balaban J connectivity index is 2.78. The Hall–Kier alpha value is -0.870. The average molecular weight is 240 g/mol. The van der Waals surface area contributed by atoms with Gasteiger partial charge in [-0.3, -0.25) is 0 Å². The minimum atomic E-state index is -0.515. The summed E-state index contributed by atoms with van der Waals surface area (Å²) in [6.07, 6.45) is 5.28. The molecule has 0 aliphatic rings. The highest BCUT2D eigenvalue weighted by Gasteiger charge is 2.35. The topological polar surface area (TPSA) is 47.3 Å². The Labute approximate surface area is 104 Å². The zero-order valence-corrected chi connectivity index (χ0v) is 11.3. The molecular weight excluding hydrogens is 216 g/mol. The molecule has 4 nitrogen and oxygen atoms in total. The van der Waals surface area contributed by atoms with Gasteiger partial charge in [-0.15, -0.1) is 0 Å². The van der Waals surface area contributed by atoms with Crippen molar-refractivity contribution in [2.45, 2.75) is 51.7 Å². The van der Waals surface area contributed by atoms with E-state index in [9.17, 15) is 5.11 Å². The second-order valence-electron chi connectivity index (χ2n) is 4.38. The molecule has 1 unspecified atom stereocenters. The molecule has 17 heavy (non-hydrogen) atoms. The van der Waals surface area contributed by atoms with Crippen molar-refractivity contribution < 1.29 is 9.84 Å². The fourth-order valence-corrected chi connectivity index (χ4v) is 2.26. The molecule has 0 radical (unpaired) electrons. The molecule has 0 saturated carbocycles. The van der Waals surface area contributed by atoms with Crippen LogP contribution >= 0.6 is 0 Å². The minimum Gasteiger partial charge on any atom is -0.390 e. The van der Waals surface area contributed by atoms with Crippen LogP contribution < -0.4 is 0 Å². The number of aromatic nitrogens is 2. The van der Waals surface area contributed by atoms with Crippen LogP contribution in [-0.2, 0) is 18.2 Å². The number of aryl methyl sites for hydroxylation is 1. The molecule has 0 saturated heterocycles. The maximum atomic E-state index is 10.4. The molecule has 0 fully saturated rings. The molecule has 1 heterocycles. The highest BCUT2D eigenvalue weighted by Crippen LogP contribution is 2.27. The zero-order chi connectivity index (χ0) is 12.9. The average Bonchev–Trinajstić information content (AvgIpc) is 2.72. The molecule has 0 bridgehead atoms. The summed E-state index contributed by atoms with van der Waals surface area (Å²) in [6, 6.07) is 0. The zero-order valence-electron chi connectivity index (χ0n) is 11.3. The highest BCUT2D eigenvalue weighted by molar-refractivity contribution is 4.98. The number of hydrogen-bond acceptors (Lipinski definition) is 3. The Kier molecular flexibility index (Phi) is 5.15. The molecule has 98 valence electrons. The Morgan fingerprint density at radius 2 is 2.06 bits per heavy atom. The van der Waals surface area contributed by atoms with E-state index in [0.717, 1.165) is 18.7 Å². The normalized spacial score (nSPS) is 13.9. The monoisotopic (exact) mass is 240 g/mol. The Morgan fingerprint density at radius 3 is 2.47 bits per heavy atom. The van der Waals surface area contributed by atoms with E-state index < -0.39 is 11.7 Å². The van der Waals surface area contributed by atoms with Crippen LogP contribution in [0.25, 0.3) is 0 Å². The first-order valence-electron chi connectivity index (χ1n) is 6.37. The van der Waals surface area contributed by atoms with Crippen molar-refractivity contribution in [2.24, 2.45) is 7.05 Å². The summed E-state index contributed by atoms with van der Waals surface area (Å²) in [5.41, 5.74) is -0.444. The van der Waals surface area contributed by atoms with Crippen molar-refractivity contribution in [3.05, 3.63) is 18.2 Å². The molecule has 1 aromatic heterocycles. The molecule has 1 N–H and O–H groups in total. The van der Waals surface area contributed by atoms with E-state index in [1.807, 2.05) is 24.7 Å². The molecule has 0 aromatic carbocycles. The number of aliphatic hydroxyl groups is 1. The van der Waals surface area contributed by atoms with E-state index in [0.29, 0.717) is 13.0 Å². The number of hydrogen-bond donors (Lipinski definition) is 1. The standard InChI is InChI=1S/C13H24N2O2/c1-5-13(6-2,17-7-3)11(16)10-12-14-8-9-15(12)4/h8-9,11,16H,5-7,10H2,1-4H3. The first-order chi connectivity index (χ1) is 8.09. The molecule has 0 aliphatic heterocycles. The Bertz CT molecular complexity index is 332. The third-order valence-electron chi connectivity index (χ3n) is 3.53. The summed E-state index contributed by atoms with van der Waals surface area (Å²) < 4.78 is 7.73. The van der Waals surface area contributed by atoms with Gasteiger partial charge in [0.25, 0.3) is 0 Å². The van der Waals surface area contributed by atoms with Crippen LogP contribution in [0.15, 0.2) is 12.4 Å². The second-order valence-corrected chi connectivity index (χ2v) is 4.38. The second kappa shape index (κ2) is 6.17. The van der Waals surface area contributed by atoms with Crippen LogP contribution in [0.1, 0.15) is 39.4 Å². The Morgan fingerprint density at radius 1 is 1.41 bits per heavy atom. The van der Waals surface area contributed by atoms with Crippen molar-refractivity contribution in [2.75, 3.05) is 6.61 Å². The predicted octanol–water partition coefficient (Wildman–Crippen LogP) is 1.92. The molecule has 0 amide bonds. The molecule has 0 aliphatic carbocycles. The van der Waals surface area contributed by atoms with Gasteiger partial charge in [0.1, 0.15) is 5.82 Å². The van der Waals surface area contributed by atoms with Crippen LogP contribution in [0.2, 0.25) is 0 Å². The maximum Gasteiger partial charge on any atom is 0.111 e. The van der Waals surface area contributed by atoms with Crippen molar-refractivity contribution in [1.29, 1.82) is 0 Å². The van der Waals surface area contributed by atoms with Gasteiger partial charge in [-0.25, -0.2) is 4.98 Å². The number of nitrogens with zero attached hydrogens (tertiary/aromatic N) is 2. The van der Waals surface area contributed by atoms with Crippen molar-refractivity contribution in [3.8, 4) is 0 Å². The van der Waals surface area contributed by atoms with Gasteiger partial charge in [0, 0.05) is 32.5 Å². The third-order valence-corrected chi connectivity index (χ3v) is 3.53. The lowest BCUT2D eigenvalue weighted by Gasteiger charge is -2.36. The number of ether oxygens (including phenoxy) is 1. The van der Waals surface area contributed by atoms with Gasteiger partial charge in [-0.05, 0) is 19.8 Å². The molecule has 1 aromatic rings. The summed E-state index contributed by atoms with van der Waals surface area (Å²) in [4.78, 5) is 4.25. The molecule has 1 atom stereocenters. The molecular formula is C13H24N2O2. The van der Waals surface area contributed by atoms with Crippen molar-refractivity contribution in [3.63, 3.8) is 0 Å². The van der Waals surface area contributed by atoms with E-state index >= 15 is 0 Å². The van der Waals surface area contributed by atoms with E-state index in [4.69, 9.17) is 4.74 Å². The van der Waals surface area contributed by atoms with E-state index in [2.05, 4.69) is 18.8 Å². The SMILES string of the molecule is CCOC(CC)(CC)C(O)Cc1nccn1C. The lowest BCUT2D eigenvalue weighted by Crippen LogP contribution is -2.45. The van der Waals surface area contributed by atoms with Gasteiger partial charge < -0.3 is 14.4 Å². The van der Waals surface area contributed by atoms with Gasteiger partial charge in [-0.2, -0.15) is 0 Å². The number of imidazole rings is 1. The number of aliphatic hydroxyl groups excluding tert-OH is 1.